The summed E-state index contributed by atoms with van der Waals surface area (Å²) in [6, 6.07) is 13.5. The first-order chi connectivity index (χ1) is 15.0. The first kappa shape index (κ1) is 20.9. The molecular formula is C24H27N3O4. The van der Waals surface area contributed by atoms with Crippen molar-refractivity contribution in [3.05, 3.63) is 59.5 Å². The summed E-state index contributed by atoms with van der Waals surface area (Å²) in [6.45, 7) is 1.99. The quantitative estimate of drug-likeness (QED) is 0.573. The second kappa shape index (κ2) is 9.20. The van der Waals surface area contributed by atoms with E-state index in [1.807, 2.05) is 36.4 Å². The second-order valence-electron chi connectivity index (χ2n) is 7.80. The lowest BCUT2D eigenvalue weighted by Crippen LogP contribution is -2.37. The third-order valence-corrected chi connectivity index (χ3v) is 5.57. The van der Waals surface area contributed by atoms with Gasteiger partial charge in [-0.1, -0.05) is 17.3 Å². The highest BCUT2D eigenvalue weighted by atomic mass is 16.5. The van der Waals surface area contributed by atoms with Gasteiger partial charge in [0.05, 0.1) is 13.7 Å². The molecule has 4 rings (SSSR count). The molecule has 1 aliphatic carbocycles. The van der Waals surface area contributed by atoms with Gasteiger partial charge in [0.25, 0.3) is 5.91 Å². The van der Waals surface area contributed by atoms with Crippen LogP contribution in [0, 0.1) is 0 Å². The van der Waals surface area contributed by atoms with E-state index in [9.17, 15) is 4.79 Å². The van der Waals surface area contributed by atoms with Crippen molar-refractivity contribution >= 4 is 5.91 Å². The van der Waals surface area contributed by atoms with Gasteiger partial charge in [-0.2, -0.15) is 4.98 Å². The van der Waals surface area contributed by atoms with Crippen LogP contribution in [0.5, 0.6) is 11.5 Å². The highest BCUT2D eigenvalue weighted by molar-refractivity contribution is 5.80. The molecule has 7 nitrogen and oxygen atoms in total. The van der Waals surface area contributed by atoms with Crippen molar-refractivity contribution < 1.29 is 18.8 Å². The predicted molar refractivity (Wildman–Crippen MR) is 116 cm³/mol. The zero-order valence-electron chi connectivity index (χ0n) is 18.1. The highest BCUT2D eigenvalue weighted by Crippen LogP contribution is 2.30. The van der Waals surface area contributed by atoms with Gasteiger partial charge in [0.2, 0.25) is 11.7 Å². The summed E-state index contributed by atoms with van der Waals surface area (Å²) in [4.78, 5) is 18.8. The van der Waals surface area contributed by atoms with Crippen molar-refractivity contribution in [2.45, 2.75) is 45.3 Å². The van der Waals surface area contributed by atoms with Gasteiger partial charge >= 0.3 is 0 Å². The van der Waals surface area contributed by atoms with Crippen LogP contribution < -0.4 is 9.47 Å². The number of carbonyl (C=O) groups excluding carboxylic acids is 1. The van der Waals surface area contributed by atoms with Crippen LogP contribution in [-0.2, 0) is 24.2 Å². The SMILES string of the molecule is COc1ccc(-c2noc(CN(C)C(=O)[C@@H](C)Oc3cccc4c3CCCC4)n2)cc1. The fraction of sp³-hybridized carbons (Fsp3) is 0.375. The van der Waals surface area contributed by atoms with Crippen LogP contribution in [0.3, 0.4) is 0 Å². The zero-order chi connectivity index (χ0) is 21.8. The average Bonchev–Trinajstić information content (AvgIpc) is 3.27. The molecular weight excluding hydrogens is 394 g/mol. The summed E-state index contributed by atoms with van der Waals surface area (Å²) in [5.74, 6) is 2.26. The van der Waals surface area contributed by atoms with Gasteiger partial charge in [0, 0.05) is 12.6 Å². The molecule has 162 valence electrons. The molecule has 0 radical (unpaired) electrons. The van der Waals surface area contributed by atoms with Crippen molar-refractivity contribution in [3.63, 3.8) is 0 Å². The number of carbonyl (C=O) groups is 1. The van der Waals surface area contributed by atoms with Gasteiger partial charge < -0.3 is 18.9 Å². The van der Waals surface area contributed by atoms with E-state index in [1.54, 1.807) is 26.0 Å². The minimum atomic E-state index is -0.609. The Kier molecular flexibility index (Phi) is 6.21. The third kappa shape index (κ3) is 4.71. The Bertz CT molecular complexity index is 1050. The number of hydrogen-bond donors (Lipinski definition) is 0. The van der Waals surface area contributed by atoms with Crippen molar-refractivity contribution in [1.29, 1.82) is 0 Å². The molecule has 0 saturated heterocycles. The van der Waals surface area contributed by atoms with Crippen molar-refractivity contribution in [2.75, 3.05) is 14.2 Å². The largest absolute Gasteiger partial charge is 0.497 e. The normalized spacial score (nSPS) is 13.9. The van der Waals surface area contributed by atoms with E-state index in [0.29, 0.717) is 11.7 Å². The van der Waals surface area contributed by atoms with E-state index in [1.165, 1.54) is 17.5 Å². The molecule has 0 bridgehead atoms. The number of methoxy groups -OCH3 is 1. The van der Waals surface area contributed by atoms with Crippen LogP contribution in [0.4, 0.5) is 0 Å². The summed E-state index contributed by atoms with van der Waals surface area (Å²) < 4.78 is 16.6. The number of amides is 1. The number of ether oxygens (including phenoxy) is 2. The maximum Gasteiger partial charge on any atom is 0.263 e. The van der Waals surface area contributed by atoms with E-state index in [0.717, 1.165) is 36.3 Å². The molecule has 1 aliphatic rings. The molecule has 0 unspecified atom stereocenters. The third-order valence-electron chi connectivity index (χ3n) is 5.57. The lowest BCUT2D eigenvalue weighted by atomic mass is 9.91. The van der Waals surface area contributed by atoms with Crippen LogP contribution >= 0.6 is 0 Å². The minimum Gasteiger partial charge on any atom is -0.497 e. The monoisotopic (exact) mass is 421 g/mol. The lowest BCUT2D eigenvalue weighted by molar-refractivity contribution is -0.137. The number of benzene rings is 2. The maximum atomic E-state index is 12.9. The highest BCUT2D eigenvalue weighted by Gasteiger charge is 2.23. The summed E-state index contributed by atoms with van der Waals surface area (Å²) >= 11 is 0. The topological polar surface area (TPSA) is 77.7 Å². The number of fused-ring (bicyclic) bond motifs is 1. The molecule has 0 saturated carbocycles. The summed E-state index contributed by atoms with van der Waals surface area (Å²) in [7, 11) is 3.32. The predicted octanol–water partition coefficient (Wildman–Crippen LogP) is 4.05. The smallest absolute Gasteiger partial charge is 0.263 e. The number of aryl methyl sites for hydroxylation is 1. The first-order valence-corrected chi connectivity index (χ1v) is 10.5. The maximum absolute atomic E-state index is 12.9. The Morgan fingerprint density at radius 1 is 1.16 bits per heavy atom. The summed E-state index contributed by atoms with van der Waals surface area (Å²) in [6.07, 6.45) is 3.82. The second-order valence-corrected chi connectivity index (χ2v) is 7.80. The lowest BCUT2D eigenvalue weighted by Gasteiger charge is -2.24. The Labute approximate surface area is 182 Å². The van der Waals surface area contributed by atoms with Gasteiger partial charge in [-0.15, -0.1) is 0 Å². The first-order valence-electron chi connectivity index (χ1n) is 10.5. The van der Waals surface area contributed by atoms with Crippen molar-refractivity contribution in [2.24, 2.45) is 0 Å². The molecule has 0 spiro atoms. The molecule has 0 fully saturated rings. The Morgan fingerprint density at radius 3 is 2.71 bits per heavy atom. The van der Waals surface area contributed by atoms with Crippen LogP contribution in [0.1, 0.15) is 36.8 Å². The van der Waals surface area contributed by atoms with Crippen molar-refractivity contribution in [3.8, 4) is 22.9 Å². The van der Waals surface area contributed by atoms with Crippen LogP contribution in [0.25, 0.3) is 11.4 Å². The number of aromatic nitrogens is 2. The molecule has 1 amide bonds. The fourth-order valence-corrected chi connectivity index (χ4v) is 3.87. The van der Waals surface area contributed by atoms with Crippen LogP contribution in [-0.4, -0.2) is 41.2 Å². The molecule has 31 heavy (non-hydrogen) atoms. The van der Waals surface area contributed by atoms with E-state index in [2.05, 4.69) is 16.2 Å². The van der Waals surface area contributed by atoms with Gasteiger partial charge in [-0.05, 0) is 74.1 Å². The number of nitrogens with zero attached hydrogens (tertiary/aromatic N) is 3. The van der Waals surface area contributed by atoms with E-state index in [4.69, 9.17) is 14.0 Å². The summed E-state index contributed by atoms with van der Waals surface area (Å²) in [5, 5.41) is 4.02. The average molecular weight is 421 g/mol. The molecule has 7 heteroatoms. The van der Waals surface area contributed by atoms with Crippen LogP contribution in [0.15, 0.2) is 47.0 Å². The standard InChI is InChI=1S/C24H27N3O4/c1-16(30-21-10-6-8-17-7-4-5-9-20(17)21)24(28)27(2)15-22-25-23(26-31-22)18-11-13-19(29-3)14-12-18/h6,8,10-14,16H,4-5,7,9,15H2,1-3H3/t16-/m1/s1. The van der Waals surface area contributed by atoms with Gasteiger partial charge in [0.15, 0.2) is 6.10 Å². The van der Waals surface area contributed by atoms with E-state index < -0.39 is 6.10 Å². The number of likely N-dealkylation sites (N-methyl/N-ethyl adjacent to an activating group) is 1. The van der Waals surface area contributed by atoms with Crippen LogP contribution in [0.2, 0.25) is 0 Å². The Balaban J connectivity index is 1.39. The molecule has 1 atom stereocenters. The molecule has 3 aromatic rings. The van der Waals surface area contributed by atoms with E-state index >= 15 is 0 Å². The molecule has 2 aromatic carbocycles. The molecule has 1 heterocycles. The van der Waals surface area contributed by atoms with Gasteiger partial charge in [0.1, 0.15) is 11.5 Å². The van der Waals surface area contributed by atoms with E-state index in [-0.39, 0.29) is 12.5 Å². The minimum absolute atomic E-state index is 0.141. The zero-order valence-corrected chi connectivity index (χ0v) is 18.1. The van der Waals surface area contributed by atoms with Gasteiger partial charge in [-0.3, -0.25) is 4.79 Å². The summed E-state index contributed by atoms with van der Waals surface area (Å²) in [5.41, 5.74) is 3.38. The van der Waals surface area contributed by atoms with Gasteiger partial charge in [-0.25, -0.2) is 0 Å². The molecule has 1 aromatic heterocycles. The fourth-order valence-electron chi connectivity index (χ4n) is 3.87. The molecule has 0 N–H and O–H groups in total. The Morgan fingerprint density at radius 2 is 1.94 bits per heavy atom. The van der Waals surface area contributed by atoms with Crippen molar-refractivity contribution in [1.82, 2.24) is 15.0 Å². The Hall–Kier alpha value is -3.35. The number of rotatable bonds is 7. The molecule has 0 aliphatic heterocycles. The number of hydrogen-bond acceptors (Lipinski definition) is 6.